The lowest BCUT2D eigenvalue weighted by Crippen LogP contribution is -2.27. The number of allylic oxidation sites excluding steroid dienone is 1. The van der Waals surface area contributed by atoms with Crippen LogP contribution in [0.25, 0.3) is 22.5 Å². The topological polar surface area (TPSA) is 125 Å². The molecule has 2 aromatic carbocycles. The standard InChI is InChI=1S/C26H18N6O3/c1-15-20(25(31-12-11-29-14-31)32(30-15)16-7-3-2-4-8-16)21-18(13-27)24(28)35-23-17-9-5-6-10-19(17)34-26(33)22(21)23/h2-12,14,21H,28H2,1H3. The lowest BCUT2D eigenvalue weighted by molar-refractivity contribution is 0.388. The second kappa shape index (κ2) is 7.74. The Balaban J connectivity index is 1.73. The third kappa shape index (κ3) is 3.04. The van der Waals surface area contributed by atoms with Gasteiger partial charge in [0.05, 0.1) is 28.2 Å². The van der Waals surface area contributed by atoms with Crippen molar-refractivity contribution in [3.63, 3.8) is 0 Å². The van der Waals surface area contributed by atoms with E-state index in [2.05, 4.69) is 11.1 Å². The second-order valence-electron chi connectivity index (χ2n) is 8.09. The van der Waals surface area contributed by atoms with Gasteiger partial charge in [0.2, 0.25) is 5.88 Å². The molecule has 3 aromatic heterocycles. The third-order valence-corrected chi connectivity index (χ3v) is 6.09. The molecule has 170 valence electrons. The normalized spacial score (nSPS) is 15.0. The van der Waals surface area contributed by atoms with Crippen LogP contribution >= 0.6 is 0 Å². The first-order valence-corrected chi connectivity index (χ1v) is 10.8. The first kappa shape index (κ1) is 20.5. The Hall–Kier alpha value is -5.10. The van der Waals surface area contributed by atoms with E-state index in [-0.39, 0.29) is 22.8 Å². The van der Waals surface area contributed by atoms with Crippen molar-refractivity contribution in [3.05, 3.63) is 112 Å². The van der Waals surface area contributed by atoms with Gasteiger partial charge in [-0.15, -0.1) is 0 Å². The summed E-state index contributed by atoms with van der Waals surface area (Å²) in [5.74, 6) is -0.0254. The predicted octanol–water partition coefficient (Wildman–Crippen LogP) is 3.69. The van der Waals surface area contributed by atoms with Crippen LogP contribution in [-0.2, 0) is 0 Å². The van der Waals surface area contributed by atoms with Gasteiger partial charge in [-0.2, -0.15) is 10.4 Å². The van der Waals surface area contributed by atoms with Gasteiger partial charge >= 0.3 is 5.63 Å². The third-order valence-electron chi connectivity index (χ3n) is 6.09. The van der Waals surface area contributed by atoms with Crippen molar-refractivity contribution in [2.45, 2.75) is 12.8 Å². The number of fused-ring (bicyclic) bond motifs is 3. The fraction of sp³-hybridized carbons (Fsp3) is 0.0769. The molecule has 1 unspecified atom stereocenters. The number of hydrogen-bond donors (Lipinski definition) is 1. The van der Waals surface area contributed by atoms with E-state index in [9.17, 15) is 10.1 Å². The van der Waals surface area contributed by atoms with Crippen molar-refractivity contribution in [2.75, 3.05) is 0 Å². The molecule has 0 aliphatic carbocycles. The lowest BCUT2D eigenvalue weighted by atomic mass is 9.83. The fourth-order valence-corrected chi connectivity index (χ4v) is 4.60. The average molecular weight is 462 g/mol. The van der Waals surface area contributed by atoms with Crippen LogP contribution in [0.15, 0.2) is 94.0 Å². The summed E-state index contributed by atoms with van der Waals surface area (Å²) in [4.78, 5) is 17.6. The minimum atomic E-state index is -0.862. The summed E-state index contributed by atoms with van der Waals surface area (Å²) in [7, 11) is 0. The summed E-state index contributed by atoms with van der Waals surface area (Å²) in [5, 5.41) is 15.5. The molecule has 0 bridgehead atoms. The Morgan fingerprint density at radius 1 is 1.09 bits per heavy atom. The molecule has 4 heterocycles. The van der Waals surface area contributed by atoms with Crippen LogP contribution in [0.2, 0.25) is 0 Å². The Morgan fingerprint density at radius 2 is 1.86 bits per heavy atom. The number of hydrogen-bond acceptors (Lipinski definition) is 7. The van der Waals surface area contributed by atoms with Crippen LogP contribution in [0.1, 0.15) is 22.7 Å². The predicted molar refractivity (Wildman–Crippen MR) is 127 cm³/mol. The molecule has 0 radical (unpaired) electrons. The zero-order chi connectivity index (χ0) is 24.1. The van der Waals surface area contributed by atoms with E-state index in [0.717, 1.165) is 5.69 Å². The van der Waals surface area contributed by atoms with E-state index in [1.54, 1.807) is 46.2 Å². The van der Waals surface area contributed by atoms with E-state index in [4.69, 9.17) is 20.0 Å². The minimum absolute atomic E-state index is 0.0656. The zero-order valence-electron chi connectivity index (χ0n) is 18.5. The van der Waals surface area contributed by atoms with E-state index < -0.39 is 11.5 Å². The highest BCUT2D eigenvalue weighted by Crippen LogP contribution is 2.46. The minimum Gasteiger partial charge on any atom is -0.439 e. The molecule has 1 aliphatic rings. The van der Waals surface area contributed by atoms with Gasteiger partial charge < -0.3 is 14.9 Å². The summed E-state index contributed by atoms with van der Waals surface area (Å²) < 4.78 is 15.1. The molecule has 0 spiro atoms. The Kier molecular flexibility index (Phi) is 4.54. The van der Waals surface area contributed by atoms with E-state index in [1.165, 1.54) is 0 Å². The van der Waals surface area contributed by atoms with Gasteiger partial charge in [0.25, 0.3) is 0 Å². The SMILES string of the molecule is Cc1nn(-c2ccccc2)c(-n2ccnc2)c1C1C(C#N)=C(N)Oc2c1c(=O)oc1ccccc21. The number of para-hydroxylation sites is 2. The molecule has 0 fully saturated rings. The van der Waals surface area contributed by atoms with E-state index in [0.29, 0.717) is 28.0 Å². The van der Waals surface area contributed by atoms with Crippen LogP contribution in [0.5, 0.6) is 5.75 Å². The molecule has 0 amide bonds. The summed E-state index contributed by atoms with van der Waals surface area (Å²) in [6, 6.07) is 18.8. The molecule has 9 heteroatoms. The largest absolute Gasteiger partial charge is 0.439 e. The van der Waals surface area contributed by atoms with Crippen molar-refractivity contribution < 1.29 is 9.15 Å². The maximum atomic E-state index is 13.3. The highest BCUT2D eigenvalue weighted by molar-refractivity contribution is 5.86. The van der Waals surface area contributed by atoms with Crippen molar-refractivity contribution >= 4 is 11.0 Å². The number of ether oxygens (including phenoxy) is 1. The number of nitriles is 1. The zero-order valence-corrected chi connectivity index (χ0v) is 18.5. The monoisotopic (exact) mass is 462 g/mol. The number of benzene rings is 2. The van der Waals surface area contributed by atoms with E-state index in [1.807, 2.05) is 43.3 Å². The van der Waals surface area contributed by atoms with Gasteiger partial charge in [-0.05, 0) is 31.2 Å². The smallest absolute Gasteiger partial charge is 0.344 e. The van der Waals surface area contributed by atoms with Crippen LogP contribution in [0.3, 0.4) is 0 Å². The molecule has 1 atom stereocenters. The van der Waals surface area contributed by atoms with Crippen LogP contribution < -0.4 is 16.1 Å². The van der Waals surface area contributed by atoms with Crippen molar-refractivity contribution in [2.24, 2.45) is 5.73 Å². The van der Waals surface area contributed by atoms with Gasteiger partial charge in [-0.3, -0.25) is 4.57 Å². The van der Waals surface area contributed by atoms with Crippen molar-refractivity contribution in [1.82, 2.24) is 19.3 Å². The number of imidazole rings is 1. The maximum Gasteiger partial charge on any atom is 0.344 e. The van der Waals surface area contributed by atoms with Gasteiger partial charge in [0, 0.05) is 18.0 Å². The number of nitrogens with zero attached hydrogens (tertiary/aromatic N) is 5. The first-order valence-electron chi connectivity index (χ1n) is 10.8. The number of aromatic nitrogens is 4. The molecule has 0 saturated carbocycles. The molecule has 5 aromatic rings. The van der Waals surface area contributed by atoms with Gasteiger partial charge in [-0.1, -0.05) is 30.3 Å². The second-order valence-corrected chi connectivity index (χ2v) is 8.09. The maximum absolute atomic E-state index is 13.3. The lowest BCUT2D eigenvalue weighted by Gasteiger charge is -2.26. The molecule has 6 rings (SSSR count). The molecule has 9 nitrogen and oxygen atoms in total. The Labute approximate surface area is 198 Å². The summed E-state index contributed by atoms with van der Waals surface area (Å²) in [6.45, 7) is 1.83. The number of nitrogens with two attached hydrogens (primary N) is 1. The number of aryl methyl sites for hydroxylation is 1. The van der Waals surface area contributed by atoms with Gasteiger partial charge in [0.15, 0.2) is 5.75 Å². The molecular weight excluding hydrogens is 444 g/mol. The highest BCUT2D eigenvalue weighted by atomic mass is 16.5. The van der Waals surface area contributed by atoms with Gasteiger partial charge in [-0.25, -0.2) is 14.5 Å². The van der Waals surface area contributed by atoms with Crippen LogP contribution in [0, 0.1) is 18.3 Å². The summed E-state index contributed by atoms with van der Waals surface area (Å²) >= 11 is 0. The number of rotatable bonds is 3. The Morgan fingerprint density at radius 3 is 2.60 bits per heavy atom. The van der Waals surface area contributed by atoms with Crippen molar-refractivity contribution in [1.29, 1.82) is 5.26 Å². The summed E-state index contributed by atoms with van der Waals surface area (Å²) in [6.07, 6.45) is 5.07. The molecule has 2 N–H and O–H groups in total. The van der Waals surface area contributed by atoms with Crippen LogP contribution in [0.4, 0.5) is 0 Å². The Bertz CT molecular complexity index is 1720. The average Bonchev–Trinajstić information content (AvgIpc) is 3.51. The van der Waals surface area contributed by atoms with E-state index >= 15 is 0 Å². The molecular formula is C26H18N6O3. The first-order chi connectivity index (χ1) is 17.1. The quantitative estimate of drug-likeness (QED) is 0.405. The molecule has 35 heavy (non-hydrogen) atoms. The fourth-order valence-electron chi connectivity index (χ4n) is 4.60. The van der Waals surface area contributed by atoms with Crippen molar-refractivity contribution in [3.8, 4) is 23.3 Å². The van der Waals surface area contributed by atoms with Crippen LogP contribution in [-0.4, -0.2) is 19.3 Å². The highest BCUT2D eigenvalue weighted by Gasteiger charge is 2.39. The van der Waals surface area contributed by atoms with Gasteiger partial charge in [0.1, 0.15) is 29.4 Å². The molecule has 0 saturated heterocycles. The summed E-state index contributed by atoms with van der Waals surface area (Å²) in [5.41, 5.74) is 8.38. The molecule has 1 aliphatic heterocycles.